The maximum Gasteiger partial charge on any atom is 0.137 e. The maximum absolute atomic E-state index is 6.01. The Kier molecular flexibility index (Phi) is 3.09. The summed E-state index contributed by atoms with van der Waals surface area (Å²) in [6, 6.07) is 8.22. The van der Waals surface area contributed by atoms with Crippen LogP contribution in [0.4, 0.5) is 0 Å². The van der Waals surface area contributed by atoms with Gasteiger partial charge in [0.25, 0.3) is 0 Å². The summed E-state index contributed by atoms with van der Waals surface area (Å²) < 4.78 is 6.01. The van der Waals surface area contributed by atoms with Crippen LogP contribution < -0.4 is 5.32 Å². The summed E-state index contributed by atoms with van der Waals surface area (Å²) in [5.74, 6) is 1.76. The zero-order valence-corrected chi connectivity index (χ0v) is 11.1. The summed E-state index contributed by atoms with van der Waals surface area (Å²) in [6.45, 7) is 4.98. The number of furan rings is 1. The SMILES string of the molecule is CCNC(c1ncc[nH]1)c1cc2cccc(C)c2o1. The molecule has 0 fully saturated rings. The summed E-state index contributed by atoms with van der Waals surface area (Å²) in [6.07, 6.45) is 3.58. The standard InChI is InChI=1S/C15H17N3O/c1-3-16-13(15-17-7-8-18-15)12-9-11-6-4-5-10(2)14(11)19-12/h4-9,13,16H,3H2,1-2H3,(H,17,18). The van der Waals surface area contributed by atoms with Gasteiger partial charge in [0.05, 0.1) is 0 Å². The number of para-hydroxylation sites is 1. The Hall–Kier alpha value is -2.07. The van der Waals surface area contributed by atoms with Gasteiger partial charge in [0, 0.05) is 17.8 Å². The van der Waals surface area contributed by atoms with E-state index in [0.717, 1.165) is 34.7 Å². The molecule has 0 amide bonds. The van der Waals surface area contributed by atoms with Crippen molar-refractivity contribution in [2.45, 2.75) is 19.9 Å². The van der Waals surface area contributed by atoms with Gasteiger partial charge in [-0.05, 0) is 25.1 Å². The average molecular weight is 255 g/mol. The molecule has 2 N–H and O–H groups in total. The van der Waals surface area contributed by atoms with Crippen LogP contribution in [-0.2, 0) is 0 Å². The molecule has 0 radical (unpaired) electrons. The van der Waals surface area contributed by atoms with Gasteiger partial charge in [-0.3, -0.25) is 0 Å². The summed E-state index contributed by atoms with van der Waals surface area (Å²) >= 11 is 0. The number of hydrogen-bond acceptors (Lipinski definition) is 3. The largest absolute Gasteiger partial charge is 0.459 e. The number of benzene rings is 1. The van der Waals surface area contributed by atoms with E-state index in [-0.39, 0.29) is 6.04 Å². The minimum Gasteiger partial charge on any atom is -0.459 e. The molecular weight excluding hydrogens is 238 g/mol. The van der Waals surface area contributed by atoms with Crippen LogP contribution in [0.15, 0.2) is 41.1 Å². The number of hydrogen-bond donors (Lipinski definition) is 2. The number of rotatable bonds is 4. The van der Waals surface area contributed by atoms with E-state index in [9.17, 15) is 0 Å². The third kappa shape index (κ3) is 2.15. The van der Waals surface area contributed by atoms with E-state index in [1.54, 1.807) is 6.20 Å². The summed E-state index contributed by atoms with van der Waals surface area (Å²) in [5, 5.41) is 4.52. The Morgan fingerprint density at radius 1 is 1.42 bits per heavy atom. The monoisotopic (exact) mass is 255 g/mol. The molecule has 0 aliphatic heterocycles. The lowest BCUT2D eigenvalue weighted by Crippen LogP contribution is -2.22. The number of aryl methyl sites for hydroxylation is 1. The molecule has 0 aliphatic carbocycles. The van der Waals surface area contributed by atoms with Gasteiger partial charge in [-0.15, -0.1) is 0 Å². The third-order valence-corrected chi connectivity index (χ3v) is 3.25. The number of aromatic nitrogens is 2. The molecule has 1 unspecified atom stereocenters. The Balaban J connectivity index is 2.08. The second kappa shape index (κ2) is 4.90. The molecule has 1 atom stereocenters. The van der Waals surface area contributed by atoms with Crippen molar-refractivity contribution in [3.05, 3.63) is 53.8 Å². The molecule has 0 saturated heterocycles. The van der Waals surface area contributed by atoms with Crippen LogP contribution in [0.2, 0.25) is 0 Å². The first-order chi connectivity index (χ1) is 9.29. The van der Waals surface area contributed by atoms with E-state index < -0.39 is 0 Å². The van der Waals surface area contributed by atoms with E-state index in [2.05, 4.69) is 47.3 Å². The Morgan fingerprint density at radius 3 is 3.00 bits per heavy atom. The van der Waals surface area contributed by atoms with Gasteiger partial charge < -0.3 is 14.7 Å². The van der Waals surface area contributed by atoms with Crippen molar-refractivity contribution in [3.8, 4) is 0 Å². The first-order valence-corrected chi connectivity index (χ1v) is 6.51. The van der Waals surface area contributed by atoms with Gasteiger partial charge in [-0.25, -0.2) is 4.98 Å². The number of aromatic amines is 1. The third-order valence-electron chi connectivity index (χ3n) is 3.25. The van der Waals surface area contributed by atoms with Gasteiger partial charge >= 0.3 is 0 Å². The number of imidazole rings is 1. The van der Waals surface area contributed by atoms with E-state index in [1.807, 2.05) is 12.3 Å². The molecule has 1 aromatic carbocycles. The van der Waals surface area contributed by atoms with Crippen molar-refractivity contribution in [2.24, 2.45) is 0 Å². The van der Waals surface area contributed by atoms with Gasteiger partial charge in [0.1, 0.15) is 23.2 Å². The highest BCUT2D eigenvalue weighted by molar-refractivity contribution is 5.81. The van der Waals surface area contributed by atoms with Gasteiger partial charge in [-0.1, -0.05) is 25.1 Å². The van der Waals surface area contributed by atoms with Crippen LogP contribution in [0, 0.1) is 6.92 Å². The minimum absolute atomic E-state index is 0.0354. The Bertz CT molecular complexity index is 670. The fraction of sp³-hybridized carbons (Fsp3) is 0.267. The minimum atomic E-state index is -0.0354. The van der Waals surface area contributed by atoms with Gasteiger partial charge in [0.15, 0.2) is 0 Å². The topological polar surface area (TPSA) is 53.9 Å². The maximum atomic E-state index is 6.01. The number of fused-ring (bicyclic) bond motifs is 1. The van der Waals surface area contributed by atoms with Crippen molar-refractivity contribution >= 4 is 11.0 Å². The smallest absolute Gasteiger partial charge is 0.137 e. The molecule has 0 spiro atoms. The first kappa shape index (κ1) is 12.0. The molecule has 0 bridgehead atoms. The van der Waals surface area contributed by atoms with Crippen LogP contribution in [0.1, 0.15) is 30.1 Å². The van der Waals surface area contributed by atoms with Crippen molar-refractivity contribution in [3.63, 3.8) is 0 Å². The molecular formula is C15H17N3O. The molecule has 0 saturated carbocycles. The van der Waals surface area contributed by atoms with Crippen molar-refractivity contribution in [1.29, 1.82) is 0 Å². The van der Waals surface area contributed by atoms with E-state index in [1.165, 1.54) is 0 Å². The fourth-order valence-electron chi connectivity index (χ4n) is 2.34. The van der Waals surface area contributed by atoms with E-state index >= 15 is 0 Å². The van der Waals surface area contributed by atoms with Crippen LogP contribution in [0.3, 0.4) is 0 Å². The molecule has 3 aromatic rings. The highest BCUT2D eigenvalue weighted by Crippen LogP contribution is 2.28. The number of nitrogens with one attached hydrogen (secondary N) is 2. The highest BCUT2D eigenvalue weighted by atomic mass is 16.3. The molecule has 2 aromatic heterocycles. The highest BCUT2D eigenvalue weighted by Gasteiger charge is 2.20. The number of nitrogens with zero attached hydrogens (tertiary/aromatic N) is 1. The lowest BCUT2D eigenvalue weighted by molar-refractivity contribution is 0.465. The molecule has 2 heterocycles. The van der Waals surface area contributed by atoms with Crippen LogP contribution >= 0.6 is 0 Å². The molecule has 19 heavy (non-hydrogen) atoms. The summed E-state index contributed by atoms with van der Waals surface area (Å²) in [4.78, 5) is 7.47. The predicted octanol–water partition coefficient (Wildman–Crippen LogP) is 3.16. The van der Waals surface area contributed by atoms with Crippen LogP contribution in [-0.4, -0.2) is 16.5 Å². The summed E-state index contributed by atoms with van der Waals surface area (Å²) in [7, 11) is 0. The fourth-order valence-corrected chi connectivity index (χ4v) is 2.34. The van der Waals surface area contributed by atoms with Crippen molar-refractivity contribution in [1.82, 2.24) is 15.3 Å². The lowest BCUT2D eigenvalue weighted by atomic mass is 10.1. The van der Waals surface area contributed by atoms with Crippen molar-refractivity contribution in [2.75, 3.05) is 6.54 Å². The van der Waals surface area contributed by atoms with Crippen molar-refractivity contribution < 1.29 is 4.42 Å². The van der Waals surface area contributed by atoms with Crippen LogP contribution in [0.25, 0.3) is 11.0 Å². The average Bonchev–Trinajstić information content (AvgIpc) is 3.05. The number of H-pyrrole nitrogens is 1. The molecule has 98 valence electrons. The van der Waals surface area contributed by atoms with E-state index in [0.29, 0.717) is 0 Å². The molecule has 3 rings (SSSR count). The van der Waals surface area contributed by atoms with Gasteiger partial charge in [0.2, 0.25) is 0 Å². The van der Waals surface area contributed by atoms with E-state index in [4.69, 9.17) is 4.42 Å². The van der Waals surface area contributed by atoms with Crippen LogP contribution in [0.5, 0.6) is 0 Å². The molecule has 0 aliphatic rings. The van der Waals surface area contributed by atoms with Gasteiger partial charge in [-0.2, -0.15) is 0 Å². The second-order valence-corrected chi connectivity index (χ2v) is 4.61. The quantitative estimate of drug-likeness (QED) is 0.753. The first-order valence-electron chi connectivity index (χ1n) is 6.51. The predicted molar refractivity (Wildman–Crippen MR) is 75.1 cm³/mol. The Labute approximate surface area is 111 Å². The Morgan fingerprint density at radius 2 is 2.32 bits per heavy atom. The molecule has 4 heteroatoms. The zero-order chi connectivity index (χ0) is 13.2. The lowest BCUT2D eigenvalue weighted by Gasteiger charge is -2.12. The summed E-state index contributed by atoms with van der Waals surface area (Å²) in [5.41, 5.74) is 2.10. The zero-order valence-electron chi connectivity index (χ0n) is 11.1. The second-order valence-electron chi connectivity index (χ2n) is 4.61. The molecule has 4 nitrogen and oxygen atoms in total. The normalized spacial score (nSPS) is 12.9.